The Hall–Kier alpha value is -2.21. The van der Waals surface area contributed by atoms with Crippen LogP contribution in [0.4, 0.5) is 0 Å². The Morgan fingerprint density at radius 3 is 2.48 bits per heavy atom. The lowest BCUT2D eigenvalue weighted by molar-refractivity contribution is -0.121. The third-order valence-corrected chi connectivity index (χ3v) is 4.68. The summed E-state index contributed by atoms with van der Waals surface area (Å²) in [5.41, 5.74) is 2.53. The summed E-state index contributed by atoms with van der Waals surface area (Å²) in [6, 6.07) is 8.77. The second-order valence-corrected chi connectivity index (χ2v) is 7.43. The molecule has 148 valence electrons. The van der Waals surface area contributed by atoms with E-state index in [-0.39, 0.29) is 17.9 Å². The highest BCUT2D eigenvalue weighted by atomic mass is 16.5. The predicted molar refractivity (Wildman–Crippen MR) is 107 cm³/mol. The first-order chi connectivity index (χ1) is 12.9. The lowest BCUT2D eigenvalue weighted by Crippen LogP contribution is -2.34. The maximum absolute atomic E-state index is 12.2. The molecule has 1 aromatic heterocycles. The van der Waals surface area contributed by atoms with Gasteiger partial charge in [0.05, 0.1) is 6.04 Å². The summed E-state index contributed by atoms with van der Waals surface area (Å²) in [6.45, 7) is 6.80. The minimum atomic E-state index is 0.0515. The van der Waals surface area contributed by atoms with Crippen LogP contribution in [0.1, 0.15) is 68.4 Å². The van der Waals surface area contributed by atoms with Crippen molar-refractivity contribution in [3.8, 4) is 0 Å². The Labute approximate surface area is 162 Å². The molecule has 2 rings (SSSR count). The standard InChI is InChI=1S/C21H32N4O2/c1-6-16-10-12-17(13-11-16)18(25(4)5)14-22-19(26)8-7-9-20-23-21(15(2)3)24-27-20/h10-13,15,18H,6-9,14H2,1-5H3,(H,22,26). The van der Waals surface area contributed by atoms with Gasteiger partial charge in [0.2, 0.25) is 11.8 Å². The van der Waals surface area contributed by atoms with Crippen LogP contribution in [-0.2, 0) is 17.6 Å². The first-order valence-electron chi connectivity index (χ1n) is 9.75. The highest BCUT2D eigenvalue weighted by molar-refractivity contribution is 5.75. The predicted octanol–water partition coefficient (Wildman–Crippen LogP) is 3.50. The Morgan fingerprint density at radius 2 is 1.93 bits per heavy atom. The SMILES string of the molecule is CCc1ccc(C(CNC(=O)CCCc2nc(C(C)C)no2)N(C)C)cc1. The Balaban J connectivity index is 1.79. The van der Waals surface area contributed by atoms with Gasteiger partial charge in [0.1, 0.15) is 0 Å². The fourth-order valence-corrected chi connectivity index (χ4v) is 2.88. The van der Waals surface area contributed by atoms with Gasteiger partial charge >= 0.3 is 0 Å². The van der Waals surface area contributed by atoms with Crippen molar-refractivity contribution in [3.05, 3.63) is 47.1 Å². The molecular weight excluding hydrogens is 340 g/mol. The molecule has 1 atom stereocenters. The summed E-state index contributed by atoms with van der Waals surface area (Å²) >= 11 is 0. The van der Waals surface area contributed by atoms with Crippen LogP contribution in [-0.4, -0.2) is 41.6 Å². The van der Waals surface area contributed by atoms with Gasteiger partial charge in [-0.1, -0.05) is 50.2 Å². The van der Waals surface area contributed by atoms with Crippen molar-refractivity contribution in [1.82, 2.24) is 20.4 Å². The van der Waals surface area contributed by atoms with Crippen LogP contribution >= 0.6 is 0 Å². The summed E-state index contributed by atoms with van der Waals surface area (Å²) in [5, 5.41) is 7.00. The van der Waals surface area contributed by atoms with E-state index in [4.69, 9.17) is 4.52 Å². The summed E-state index contributed by atoms with van der Waals surface area (Å²) < 4.78 is 5.21. The van der Waals surface area contributed by atoms with E-state index in [0.29, 0.717) is 31.7 Å². The lowest BCUT2D eigenvalue weighted by Gasteiger charge is -2.25. The maximum Gasteiger partial charge on any atom is 0.226 e. The number of hydrogen-bond donors (Lipinski definition) is 1. The summed E-state index contributed by atoms with van der Waals surface area (Å²) in [4.78, 5) is 18.7. The van der Waals surface area contributed by atoms with Crippen LogP contribution in [0.2, 0.25) is 0 Å². The molecule has 0 saturated heterocycles. The van der Waals surface area contributed by atoms with Crippen molar-refractivity contribution in [2.24, 2.45) is 0 Å². The fourth-order valence-electron chi connectivity index (χ4n) is 2.88. The third-order valence-electron chi connectivity index (χ3n) is 4.68. The number of carbonyl (C=O) groups excluding carboxylic acids is 1. The van der Waals surface area contributed by atoms with E-state index in [9.17, 15) is 4.79 Å². The Morgan fingerprint density at radius 1 is 1.22 bits per heavy atom. The number of nitrogens with one attached hydrogen (secondary N) is 1. The van der Waals surface area contributed by atoms with E-state index in [0.717, 1.165) is 12.2 Å². The van der Waals surface area contributed by atoms with Crippen molar-refractivity contribution < 1.29 is 9.32 Å². The largest absolute Gasteiger partial charge is 0.354 e. The van der Waals surface area contributed by atoms with Gasteiger partial charge in [-0.05, 0) is 38.1 Å². The zero-order valence-corrected chi connectivity index (χ0v) is 17.2. The van der Waals surface area contributed by atoms with Gasteiger partial charge in [0, 0.05) is 25.3 Å². The first-order valence-corrected chi connectivity index (χ1v) is 9.75. The van der Waals surface area contributed by atoms with Crippen LogP contribution < -0.4 is 5.32 Å². The molecule has 1 heterocycles. The molecule has 27 heavy (non-hydrogen) atoms. The monoisotopic (exact) mass is 372 g/mol. The second-order valence-electron chi connectivity index (χ2n) is 7.43. The first kappa shape index (κ1) is 21.1. The minimum absolute atomic E-state index is 0.0515. The van der Waals surface area contributed by atoms with E-state index >= 15 is 0 Å². The summed E-state index contributed by atoms with van der Waals surface area (Å²) in [7, 11) is 4.07. The molecular formula is C21H32N4O2. The highest BCUT2D eigenvalue weighted by Gasteiger charge is 2.16. The van der Waals surface area contributed by atoms with E-state index in [1.54, 1.807) is 0 Å². The highest BCUT2D eigenvalue weighted by Crippen LogP contribution is 2.18. The number of amides is 1. The molecule has 0 aliphatic rings. The molecule has 6 heteroatoms. The molecule has 0 aliphatic heterocycles. The Kier molecular flexibility index (Phi) is 7.98. The number of aryl methyl sites for hydroxylation is 2. The van der Waals surface area contributed by atoms with Gasteiger partial charge in [0.15, 0.2) is 5.82 Å². The van der Waals surface area contributed by atoms with E-state index in [2.05, 4.69) is 51.5 Å². The maximum atomic E-state index is 12.2. The molecule has 1 N–H and O–H groups in total. The number of benzene rings is 1. The zero-order valence-electron chi connectivity index (χ0n) is 17.2. The molecule has 0 fully saturated rings. The summed E-state index contributed by atoms with van der Waals surface area (Å²) in [5.74, 6) is 1.63. The summed E-state index contributed by atoms with van der Waals surface area (Å²) in [6.07, 6.45) is 2.81. The lowest BCUT2D eigenvalue weighted by atomic mass is 10.0. The van der Waals surface area contributed by atoms with Crippen molar-refractivity contribution in [2.45, 2.75) is 58.4 Å². The molecule has 0 aliphatic carbocycles. The fraction of sp³-hybridized carbons (Fsp3) is 0.571. The molecule has 1 amide bonds. The van der Waals surface area contributed by atoms with E-state index in [1.165, 1.54) is 11.1 Å². The average Bonchev–Trinajstić information content (AvgIpc) is 3.11. The molecule has 0 saturated carbocycles. The van der Waals surface area contributed by atoms with Crippen molar-refractivity contribution in [1.29, 1.82) is 0 Å². The smallest absolute Gasteiger partial charge is 0.226 e. The molecule has 0 radical (unpaired) electrons. The number of likely N-dealkylation sites (N-methyl/N-ethyl adjacent to an activating group) is 1. The van der Waals surface area contributed by atoms with E-state index < -0.39 is 0 Å². The average molecular weight is 373 g/mol. The van der Waals surface area contributed by atoms with Crippen molar-refractivity contribution in [2.75, 3.05) is 20.6 Å². The number of nitrogens with zero attached hydrogens (tertiary/aromatic N) is 3. The number of rotatable bonds is 10. The van der Waals surface area contributed by atoms with Crippen LogP contribution in [0.25, 0.3) is 0 Å². The van der Waals surface area contributed by atoms with Crippen LogP contribution in [0, 0.1) is 0 Å². The molecule has 1 unspecified atom stereocenters. The van der Waals surface area contributed by atoms with Crippen LogP contribution in [0.3, 0.4) is 0 Å². The van der Waals surface area contributed by atoms with Gasteiger partial charge in [-0.3, -0.25) is 4.79 Å². The number of hydrogen-bond acceptors (Lipinski definition) is 5. The van der Waals surface area contributed by atoms with Gasteiger partial charge in [-0.25, -0.2) is 0 Å². The number of aromatic nitrogens is 2. The molecule has 1 aromatic carbocycles. The van der Waals surface area contributed by atoms with Gasteiger partial charge in [0.25, 0.3) is 0 Å². The quantitative estimate of drug-likeness (QED) is 0.691. The molecule has 0 spiro atoms. The van der Waals surface area contributed by atoms with Crippen LogP contribution in [0.5, 0.6) is 0 Å². The molecule has 0 bridgehead atoms. The van der Waals surface area contributed by atoms with Gasteiger partial charge < -0.3 is 14.7 Å². The van der Waals surface area contributed by atoms with Gasteiger partial charge in [-0.2, -0.15) is 4.98 Å². The zero-order chi connectivity index (χ0) is 19.8. The van der Waals surface area contributed by atoms with E-state index in [1.807, 2.05) is 27.9 Å². The Bertz CT molecular complexity index is 707. The third kappa shape index (κ3) is 6.47. The van der Waals surface area contributed by atoms with Crippen molar-refractivity contribution in [3.63, 3.8) is 0 Å². The topological polar surface area (TPSA) is 71.3 Å². The molecule has 6 nitrogen and oxygen atoms in total. The van der Waals surface area contributed by atoms with Gasteiger partial charge in [-0.15, -0.1) is 0 Å². The minimum Gasteiger partial charge on any atom is -0.354 e. The van der Waals surface area contributed by atoms with Crippen LogP contribution in [0.15, 0.2) is 28.8 Å². The van der Waals surface area contributed by atoms with Crippen molar-refractivity contribution >= 4 is 5.91 Å². The second kappa shape index (κ2) is 10.2. The molecule has 2 aromatic rings. The number of carbonyl (C=O) groups is 1. The normalized spacial score (nSPS) is 12.6.